The van der Waals surface area contributed by atoms with Crippen molar-refractivity contribution in [1.82, 2.24) is 14.4 Å². The quantitative estimate of drug-likeness (QED) is 0.619. The van der Waals surface area contributed by atoms with Crippen molar-refractivity contribution in [1.29, 1.82) is 0 Å². The van der Waals surface area contributed by atoms with Crippen molar-refractivity contribution in [2.75, 3.05) is 37.8 Å². The van der Waals surface area contributed by atoms with Crippen molar-refractivity contribution in [3.63, 3.8) is 0 Å². The van der Waals surface area contributed by atoms with Crippen LogP contribution >= 0.6 is 11.6 Å². The summed E-state index contributed by atoms with van der Waals surface area (Å²) in [5, 5.41) is 0.746. The molecule has 0 spiro atoms. The molecule has 1 aromatic carbocycles. The van der Waals surface area contributed by atoms with Crippen molar-refractivity contribution >= 4 is 22.8 Å². The molecule has 1 saturated heterocycles. The fourth-order valence-corrected chi connectivity index (χ4v) is 4.26. The number of aryl methyl sites for hydroxylation is 1. The average molecular weight is 415 g/mol. The fraction of sp³-hybridized carbons (Fsp3) is 0.455. The second-order valence-electron chi connectivity index (χ2n) is 7.39. The number of fused-ring (bicyclic) bond motifs is 1. The molecule has 1 aliphatic heterocycles. The summed E-state index contributed by atoms with van der Waals surface area (Å²) in [6, 6.07) is 2.03. The van der Waals surface area contributed by atoms with Crippen LogP contribution in [0.2, 0.25) is 5.02 Å². The standard InChI is InChI=1S/C22H27ClN4O2/c1-5-29-21-17(12-18(23)15(3)20(21)26-8-10-28-11-9-26)14(2)22-25-13-19-16(4)24-6-7-27(19)22/h6-7,12-14H,5,8-11H2,1-4H3. The molecule has 0 aliphatic carbocycles. The van der Waals surface area contributed by atoms with E-state index in [0.29, 0.717) is 19.8 Å². The van der Waals surface area contributed by atoms with Crippen LogP contribution < -0.4 is 9.64 Å². The number of benzene rings is 1. The molecule has 1 aliphatic rings. The van der Waals surface area contributed by atoms with Crippen LogP contribution in [-0.2, 0) is 4.74 Å². The van der Waals surface area contributed by atoms with Crippen LogP contribution in [0, 0.1) is 13.8 Å². The van der Waals surface area contributed by atoms with Crippen molar-refractivity contribution in [3.8, 4) is 5.75 Å². The van der Waals surface area contributed by atoms with Gasteiger partial charge in [-0.25, -0.2) is 4.98 Å². The van der Waals surface area contributed by atoms with Gasteiger partial charge in [-0.05, 0) is 32.4 Å². The van der Waals surface area contributed by atoms with E-state index in [4.69, 9.17) is 26.1 Å². The largest absolute Gasteiger partial charge is 0.491 e. The lowest BCUT2D eigenvalue weighted by atomic mass is 9.95. The van der Waals surface area contributed by atoms with Gasteiger partial charge in [0.05, 0.1) is 42.9 Å². The SMILES string of the molecule is CCOc1c(C(C)c2ncc3c(C)nccn23)cc(Cl)c(C)c1N1CCOCC1. The zero-order chi connectivity index (χ0) is 20.5. The molecule has 6 nitrogen and oxygen atoms in total. The maximum absolute atomic E-state index is 6.71. The monoisotopic (exact) mass is 414 g/mol. The van der Waals surface area contributed by atoms with Crippen LogP contribution in [0.15, 0.2) is 24.7 Å². The molecule has 0 radical (unpaired) electrons. The van der Waals surface area contributed by atoms with Crippen molar-refractivity contribution in [2.24, 2.45) is 0 Å². The van der Waals surface area contributed by atoms with E-state index in [1.165, 1.54) is 0 Å². The van der Waals surface area contributed by atoms with E-state index in [0.717, 1.165) is 57.7 Å². The van der Waals surface area contributed by atoms with Crippen LogP contribution in [0.5, 0.6) is 5.75 Å². The van der Waals surface area contributed by atoms with Crippen LogP contribution in [-0.4, -0.2) is 47.3 Å². The Balaban J connectivity index is 1.87. The molecule has 4 rings (SSSR count). The van der Waals surface area contributed by atoms with Gasteiger partial charge in [0.25, 0.3) is 0 Å². The first-order chi connectivity index (χ1) is 14.0. The first-order valence-electron chi connectivity index (χ1n) is 10.1. The van der Waals surface area contributed by atoms with Crippen molar-refractivity contribution in [2.45, 2.75) is 33.6 Å². The normalized spacial score (nSPS) is 15.7. The van der Waals surface area contributed by atoms with Gasteiger partial charge >= 0.3 is 0 Å². The predicted molar refractivity (Wildman–Crippen MR) is 116 cm³/mol. The van der Waals surface area contributed by atoms with E-state index >= 15 is 0 Å². The third-order valence-corrected chi connectivity index (χ3v) is 6.02. The van der Waals surface area contributed by atoms with Crippen LogP contribution in [0.25, 0.3) is 5.52 Å². The molecule has 29 heavy (non-hydrogen) atoms. The molecule has 1 unspecified atom stereocenters. The van der Waals surface area contributed by atoms with E-state index in [9.17, 15) is 0 Å². The second-order valence-corrected chi connectivity index (χ2v) is 7.80. The topological polar surface area (TPSA) is 51.9 Å². The van der Waals surface area contributed by atoms with Gasteiger partial charge in [-0.3, -0.25) is 9.38 Å². The number of aromatic nitrogens is 3. The Kier molecular flexibility index (Phi) is 5.65. The number of halogens is 1. The first kappa shape index (κ1) is 20.0. The Morgan fingerprint density at radius 1 is 1.24 bits per heavy atom. The summed E-state index contributed by atoms with van der Waals surface area (Å²) in [5.74, 6) is 1.84. The minimum Gasteiger partial charge on any atom is -0.491 e. The minimum atomic E-state index is -0.00117. The van der Waals surface area contributed by atoms with Gasteiger partial charge in [-0.1, -0.05) is 18.5 Å². The van der Waals surface area contributed by atoms with Gasteiger partial charge in [0.15, 0.2) is 0 Å². The number of ether oxygens (including phenoxy) is 2. The van der Waals surface area contributed by atoms with Crippen LogP contribution in [0.3, 0.4) is 0 Å². The highest BCUT2D eigenvalue weighted by Crippen LogP contribution is 2.44. The van der Waals surface area contributed by atoms with E-state index in [1.807, 2.05) is 38.5 Å². The van der Waals surface area contributed by atoms with E-state index in [1.54, 1.807) is 0 Å². The molecule has 0 saturated carbocycles. The maximum atomic E-state index is 6.71. The highest BCUT2D eigenvalue weighted by atomic mass is 35.5. The van der Waals surface area contributed by atoms with Crippen molar-refractivity contribution < 1.29 is 9.47 Å². The Morgan fingerprint density at radius 3 is 2.72 bits per heavy atom. The Bertz CT molecular complexity index is 1030. The summed E-state index contributed by atoms with van der Waals surface area (Å²) in [6.07, 6.45) is 5.65. The molecule has 0 bridgehead atoms. The lowest BCUT2D eigenvalue weighted by molar-refractivity contribution is 0.122. The molecule has 2 aromatic heterocycles. The third-order valence-electron chi connectivity index (χ3n) is 5.62. The predicted octanol–water partition coefficient (Wildman–Crippen LogP) is 4.39. The smallest absolute Gasteiger partial charge is 0.146 e. The fourth-order valence-electron chi connectivity index (χ4n) is 4.05. The van der Waals surface area contributed by atoms with E-state index in [2.05, 4.69) is 28.1 Å². The highest BCUT2D eigenvalue weighted by molar-refractivity contribution is 6.32. The van der Waals surface area contributed by atoms with Gasteiger partial charge in [0.1, 0.15) is 11.6 Å². The summed E-state index contributed by atoms with van der Waals surface area (Å²) < 4.78 is 13.9. The number of rotatable bonds is 5. The highest BCUT2D eigenvalue weighted by Gasteiger charge is 2.27. The Hall–Kier alpha value is -2.31. The van der Waals surface area contributed by atoms with Crippen LogP contribution in [0.4, 0.5) is 5.69 Å². The summed E-state index contributed by atoms with van der Waals surface area (Å²) in [4.78, 5) is 11.4. The van der Waals surface area contributed by atoms with E-state index in [-0.39, 0.29) is 5.92 Å². The molecule has 1 atom stereocenters. The molecule has 0 amide bonds. The molecule has 3 heterocycles. The molecule has 0 N–H and O–H groups in total. The average Bonchev–Trinajstić information content (AvgIpc) is 3.16. The number of nitrogens with zero attached hydrogens (tertiary/aromatic N) is 4. The van der Waals surface area contributed by atoms with Gasteiger partial charge < -0.3 is 14.4 Å². The number of hydrogen-bond acceptors (Lipinski definition) is 5. The number of morpholine rings is 1. The maximum Gasteiger partial charge on any atom is 0.146 e. The number of imidazole rings is 1. The van der Waals surface area contributed by atoms with Gasteiger partial charge in [0, 0.05) is 42.0 Å². The number of hydrogen-bond donors (Lipinski definition) is 0. The summed E-state index contributed by atoms with van der Waals surface area (Å²) in [5.41, 5.74) is 5.13. The number of anilines is 1. The van der Waals surface area contributed by atoms with Crippen molar-refractivity contribution in [3.05, 3.63) is 52.3 Å². The Morgan fingerprint density at radius 2 is 2.00 bits per heavy atom. The zero-order valence-electron chi connectivity index (χ0n) is 17.4. The second kappa shape index (κ2) is 8.20. The third kappa shape index (κ3) is 3.55. The zero-order valence-corrected chi connectivity index (χ0v) is 18.2. The van der Waals surface area contributed by atoms with Gasteiger partial charge in [-0.2, -0.15) is 0 Å². The molecule has 154 valence electrons. The Labute approximate surface area is 176 Å². The van der Waals surface area contributed by atoms with Crippen LogP contribution in [0.1, 0.15) is 42.4 Å². The molecule has 3 aromatic rings. The lowest BCUT2D eigenvalue weighted by Gasteiger charge is -2.33. The molecular formula is C22H27ClN4O2. The minimum absolute atomic E-state index is 0.00117. The van der Waals surface area contributed by atoms with Gasteiger partial charge in [-0.15, -0.1) is 0 Å². The molecule has 1 fully saturated rings. The van der Waals surface area contributed by atoms with E-state index < -0.39 is 0 Å². The molecule has 7 heteroatoms. The summed E-state index contributed by atoms with van der Waals surface area (Å²) in [7, 11) is 0. The summed E-state index contributed by atoms with van der Waals surface area (Å²) in [6.45, 7) is 11.9. The lowest BCUT2D eigenvalue weighted by Crippen LogP contribution is -2.37. The first-order valence-corrected chi connectivity index (χ1v) is 10.5. The summed E-state index contributed by atoms with van der Waals surface area (Å²) >= 11 is 6.71. The van der Waals surface area contributed by atoms with Gasteiger partial charge in [0.2, 0.25) is 0 Å². The molecular weight excluding hydrogens is 388 g/mol.